The first-order valence-corrected chi connectivity index (χ1v) is 9.43. The SMILES string of the molecule is CCN(c1ccccc1)c1ccc(C(=O)Nc2ccc(OC(C)C)cc2)cn1. The predicted octanol–water partition coefficient (Wildman–Crippen LogP) is 5.28. The minimum atomic E-state index is -0.195. The third-order valence-electron chi connectivity index (χ3n) is 4.15. The van der Waals surface area contributed by atoms with E-state index >= 15 is 0 Å². The Hall–Kier alpha value is -3.34. The molecule has 28 heavy (non-hydrogen) atoms. The molecule has 0 saturated heterocycles. The summed E-state index contributed by atoms with van der Waals surface area (Å²) >= 11 is 0. The number of anilines is 3. The van der Waals surface area contributed by atoms with Crippen LogP contribution in [0.1, 0.15) is 31.1 Å². The standard InChI is InChI=1S/C23H25N3O2/c1-4-26(20-8-6-5-7-9-20)22-15-10-18(16-24-22)23(27)25-19-11-13-21(14-12-19)28-17(2)3/h5-17H,4H2,1-3H3,(H,25,27). The molecule has 0 saturated carbocycles. The molecule has 0 atom stereocenters. The Kier molecular flexibility index (Phi) is 6.27. The molecular weight excluding hydrogens is 350 g/mol. The van der Waals surface area contributed by atoms with Crippen molar-refractivity contribution in [2.45, 2.75) is 26.9 Å². The number of carbonyl (C=O) groups is 1. The maximum atomic E-state index is 12.5. The molecule has 2 aromatic carbocycles. The van der Waals surface area contributed by atoms with Crippen molar-refractivity contribution in [2.75, 3.05) is 16.8 Å². The largest absolute Gasteiger partial charge is 0.491 e. The number of rotatable bonds is 7. The first kappa shape index (κ1) is 19.4. The molecule has 5 nitrogen and oxygen atoms in total. The summed E-state index contributed by atoms with van der Waals surface area (Å²) in [4.78, 5) is 19.1. The summed E-state index contributed by atoms with van der Waals surface area (Å²) < 4.78 is 5.61. The van der Waals surface area contributed by atoms with Crippen molar-refractivity contribution in [1.82, 2.24) is 4.98 Å². The lowest BCUT2D eigenvalue weighted by Crippen LogP contribution is -2.18. The Morgan fingerprint density at radius 1 is 1.04 bits per heavy atom. The number of hydrogen-bond donors (Lipinski definition) is 1. The number of para-hydroxylation sites is 1. The molecule has 1 aromatic heterocycles. The highest BCUT2D eigenvalue weighted by atomic mass is 16.5. The van der Waals surface area contributed by atoms with Crippen LogP contribution < -0.4 is 15.0 Å². The van der Waals surface area contributed by atoms with E-state index in [-0.39, 0.29) is 12.0 Å². The van der Waals surface area contributed by atoms with Gasteiger partial charge in [0.1, 0.15) is 11.6 Å². The summed E-state index contributed by atoms with van der Waals surface area (Å²) in [5.74, 6) is 1.39. The summed E-state index contributed by atoms with van der Waals surface area (Å²) in [5.41, 5.74) is 2.29. The van der Waals surface area contributed by atoms with Gasteiger partial charge in [0.15, 0.2) is 0 Å². The molecule has 0 spiro atoms. The summed E-state index contributed by atoms with van der Waals surface area (Å²) in [6.07, 6.45) is 1.72. The number of pyridine rings is 1. The van der Waals surface area contributed by atoms with Crippen LogP contribution >= 0.6 is 0 Å². The molecule has 144 valence electrons. The molecule has 0 unspecified atom stereocenters. The normalized spacial score (nSPS) is 10.6. The summed E-state index contributed by atoms with van der Waals surface area (Å²) in [6.45, 7) is 6.81. The minimum absolute atomic E-state index is 0.114. The van der Waals surface area contributed by atoms with Crippen molar-refractivity contribution in [3.8, 4) is 5.75 Å². The van der Waals surface area contributed by atoms with Gasteiger partial charge in [-0.2, -0.15) is 0 Å². The monoisotopic (exact) mass is 375 g/mol. The first-order chi connectivity index (χ1) is 13.6. The molecule has 3 aromatic rings. The number of benzene rings is 2. The van der Waals surface area contributed by atoms with Crippen molar-refractivity contribution in [3.63, 3.8) is 0 Å². The maximum absolute atomic E-state index is 12.5. The van der Waals surface area contributed by atoms with Crippen molar-refractivity contribution in [2.24, 2.45) is 0 Å². The van der Waals surface area contributed by atoms with Gasteiger partial charge in [-0.1, -0.05) is 18.2 Å². The molecule has 1 heterocycles. The molecular formula is C23H25N3O2. The van der Waals surface area contributed by atoms with Crippen molar-refractivity contribution in [3.05, 3.63) is 78.5 Å². The van der Waals surface area contributed by atoms with E-state index in [1.807, 2.05) is 74.5 Å². The highest BCUT2D eigenvalue weighted by Crippen LogP contribution is 2.23. The number of ether oxygens (including phenoxy) is 1. The summed E-state index contributed by atoms with van der Waals surface area (Å²) in [6, 6.07) is 21.1. The number of carbonyl (C=O) groups excluding carboxylic acids is 1. The average molecular weight is 375 g/mol. The van der Waals surface area contributed by atoms with Crippen LogP contribution in [-0.2, 0) is 0 Å². The van der Waals surface area contributed by atoms with Gasteiger partial charge in [-0.05, 0) is 69.3 Å². The molecule has 1 amide bonds. The fraction of sp³-hybridized carbons (Fsp3) is 0.217. The van der Waals surface area contributed by atoms with Crippen LogP contribution in [-0.4, -0.2) is 23.5 Å². The van der Waals surface area contributed by atoms with Gasteiger partial charge in [0, 0.05) is 24.1 Å². The van der Waals surface area contributed by atoms with E-state index in [1.54, 1.807) is 12.3 Å². The third-order valence-corrected chi connectivity index (χ3v) is 4.15. The van der Waals surface area contributed by atoms with E-state index in [1.165, 1.54) is 0 Å². The Morgan fingerprint density at radius 2 is 1.75 bits per heavy atom. The number of nitrogens with zero attached hydrogens (tertiary/aromatic N) is 2. The van der Waals surface area contributed by atoms with Gasteiger partial charge in [0.05, 0.1) is 11.7 Å². The zero-order chi connectivity index (χ0) is 19.9. The highest BCUT2D eigenvalue weighted by Gasteiger charge is 2.11. The van der Waals surface area contributed by atoms with Gasteiger partial charge in [0.25, 0.3) is 5.91 Å². The van der Waals surface area contributed by atoms with Crippen LogP contribution in [0.5, 0.6) is 5.75 Å². The van der Waals surface area contributed by atoms with Crippen LogP contribution in [0.25, 0.3) is 0 Å². The van der Waals surface area contributed by atoms with Crippen molar-refractivity contribution in [1.29, 1.82) is 0 Å². The first-order valence-electron chi connectivity index (χ1n) is 9.43. The predicted molar refractivity (Wildman–Crippen MR) is 114 cm³/mol. The Balaban J connectivity index is 1.68. The molecule has 5 heteroatoms. The fourth-order valence-corrected chi connectivity index (χ4v) is 2.86. The second-order valence-corrected chi connectivity index (χ2v) is 6.63. The van der Waals surface area contributed by atoms with E-state index < -0.39 is 0 Å². The Morgan fingerprint density at radius 3 is 2.32 bits per heavy atom. The van der Waals surface area contributed by atoms with Crippen molar-refractivity contribution >= 4 is 23.1 Å². The van der Waals surface area contributed by atoms with Crippen LogP contribution in [0.4, 0.5) is 17.2 Å². The second-order valence-electron chi connectivity index (χ2n) is 6.63. The van der Waals surface area contributed by atoms with Gasteiger partial charge in [-0.25, -0.2) is 4.98 Å². The second kappa shape index (κ2) is 9.04. The summed E-state index contributed by atoms with van der Waals surface area (Å²) in [5, 5.41) is 2.89. The molecule has 0 aliphatic carbocycles. The number of amides is 1. The van der Waals surface area contributed by atoms with Gasteiger partial charge in [-0.15, -0.1) is 0 Å². The molecule has 1 N–H and O–H groups in total. The minimum Gasteiger partial charge on any atom is -0.491 e. The quantitative estimate of drug-likeness (QED) is 0.610. The maximum Gasteiger partial charge on any atom is 0.257 e. The van der Waals surface area contributed by atoms with E-state index in [0.29, 0.717) is 11.3 Å². The van der Waals surface area contributed by atoms with E-state index in [4.69, 9.17) is 4.74 Å². The van der Waals surface area contributed by atoms with Crippen LogP contribution in [0, 0.1) is 0 Å². The number of nitrogens with one attached hydrogen (secondary N) is 1. The molecule has 0 aliphatic heterocycles. The number of hydrogen-bond acceptors (Lipinski definition) is 4. The zero-order valence-corrected chi connectivity index (χ0v) is 16.4. The summed E-state index contributed by atoms with van der Waals surface area (Å²) in [7, 11) is 0. The lowest BCUT2D eigenvalue weighted by molar-refractivity contribution is 0.102. The van der Waals surface area contributed by atoms with Gasteiger partial charge < -0.3 is 15.0 Å². The molecule has 0 aliphatic rings. The van der Waals surface area contributed by atoms with Gasteiger partial charge >= 0.3 is 0 Å². The lowest BCUT2D eigenvalue weighted by Gasteiger charge is -2.22. The van der Waals surface area contributed by atoms with Crippen LogP contribution in [0.15, 0.2) is 72.9 Å². The smallest absolute Gasteiger partial charge is 0.257 e. The zero-order valence-electron chi connectivity index (χ0n) is 16.4. The molecule has 3 rings (SSSR count). The van der Waals surface area contributed by atoms with Crippen LogP contribution in [0.2, 0.25) is 0 Å². The van der Waals surface area contributed by atoms with E-state index in [0.717, 1.165) is 23.8 Å². The van der Waals surface area contributed by atoms with E-state index in [9.17, 15) is 4.79 Å². The Bertz CT molecular complexity index is 891. The lowest BCUT2D eigenvalue weighted by atomic mass is 10.2. The third kappa shape index (κ3) is 4.88. The van der Waals surface area contributed by atoms with Gasteiger partial charge in [0.2, 0.25) is 0 Å². The molecule has 0 bridgehead atoms. The van der Waals surface area contributed by atoms with Crippen molar-refractivity contribution < 1.29 is 9.53 Å². The highest BCUT2D eigenvalue weighted by molar-refractivity contribution is 6.04. The topological polar surface area (TPSA) is 54.5 Å². The number of aromatic nitrogens is 1. The van der Waals surface area contributed by atoms with E-state index in [2.05, 4.69) is 22.1 Å². The molecule has 0 radical (unpaired) electrons. The average Bonchev–Trinajstić information content (AvgIpc) is 2.71. The Labute approximate surface area is 166 Å². The van der Waals surface area contributed by atoms with Gasteiger partial charge in [-0.3, -0.25) is 4.79 Å². The molecule has 0 fully saturated rings. The van der Waals surface area contributed by atoms with Crippen LogP contribution in [0.3, 0.4) is 0 Å². The fourth-order valence-electron chi connectivity index (χ4n) is 2.86.